The average molecular weight is 228 g/mol. The van der Waals surface area contributed by atoms with Gasteiger partial charge >= 0.3 is 0 Å². The van der Waals surface area contributed by atoms with Gasteiger partial charge in [-0.15, -0.1) is 0 Å². The van der Waals surface area contributed by atoms with E-state index < -0.39 is 0 Å². The van der Waals surface area contributed by atoms with E-state index in [1.165, 1.54) is 0 Å². The van der Waals surface area contributed by atoms with Crippen LogP contribution in [0.25, 0.3) is 0 Å². The van der Waals surface area contributed by atoms with Gasteiger partial charge in [-0.1, -0.05) is 42.5 Å². The van der Waals surface area contributed by atoms with E-state index in [-0.39, 0.29) is 11.9 Å². The molecule has 0 bridgehead atoms. The van der Waals surface area contributed by atoms with Gasteiger partial charge < -0.3 is 4.74 Å². The first kappa shape index (κ1) is 11.8. The lowest BCUT2D eigenvalue weighted by Gasteiger charge is -2.12. The number of hydrogen-bond donors (Lipinski definition) is 0. The third-order valence-electron chi connectivity index (χ3n) is 3.07. The lowest BCUT2D eigenvalue weighted by Crippen LogP contribution is -2.12. The fraction of sp³-hybridized carbons (Fsp3) is 0.267. The molecular weight excluding hydrogens is 212 g/mol. The topological polar surface area (TPSA) is 26.3 Å². The van der Waals surface area contributed by atoms with Crippen LogP contribution in [0.1, 0.15) is 23.7 Å². The third-order valence-corrected chi connectivity index (χ3v) is 3.07. The average Bonchev–Trinajstić information content (AvgIpc) is 2.71. The summed E-state index contributed by atoms with van der Waals surface area (Å²) in [6.07, 6.45) is 4.40. The Bertz CT molecular complexity index is 469. The van der Waals surface area contributed by atoms with Gasteiger partial charge in [0.15, 0.2) is 5.78 Å². The fourth-order valence-corrected chi connectivity index (χ4v) is 2.04. The van der Waals surface area contributed by atoms with Gasteiger partial charge in [0.1, 0.15) is 0 Å². The molecule has 1 aromatic rings. The van der Waals surface area contributed by atoms with Crippen LogP contribution in [-0.4, -0.2) is 19.0 Å². The zero-order chi connectivity index (χ0) is 12.3. The molecule has 1 aliphatic carbocycles. The molecule has 0 N–H and O–H groups in total. The van der Waals surface area contributed by atoms with Crippen LogP contribution >= 0.6 is 0 Å². The number of ketones is 1. The van der Waals surface area contributed by atoms with E-state index >= 15 is 0 Å². The molecule has 17 heavy (non-hydrogen) atoms. The SMILES string of the molecule is COC1C=CC(C)=C1CC(=O)c1ccccc1. The van der Waals surface area contributed by atoms with Crippen molar-refractivity contribution in [2.75, 3.05) is 7.11 Å². The van der Waals surface area contributed by atoms with Crippen LogP contribution in [0.2, 0.25) is 0 Å². The van der Waals surface area contributed by atoms with E-state index in [1.807, 2.05) is 49.4 Å². The quantitative estimate of drug-likeness (QED) is 0.740. The zero-order valence-electron chi connectivity index (χ0n) is 10.1. The summed E-state index contributed by atoms with van der Waals surface area (Å²) in [7, 11) is 1.67. The second kappa shape index (κ2) is 5.11. The Morgan fingerprint density at radius 2 is 2.00 bits per heavy atom. The summed E-state index contributed by atoms with van der Waals surface area (Å²) < 4.78 is 5.33. The largest absolute Gasteiger partial charge is 0.373 e. The number of Topliss-reactive ketones (excluding diaryl/α,β-unsaturated/α-hetero) is 1. The van der Waals surface area contributed by atoms with Crippen molar-refractivity contribution in [2.45, 2.75) is 19.4 Å². The van der Waals surface area contributed by atoms with Crippen LogP contribution < -0.4 is 0 Å². The van der Waals surface area contributed by atoms with Gasteiger partial charge in [-0.05, 0) is 18.1 Å². The second-order valence-corrected chi connectivity index (χ2v) is 4.19. The van der Waals surface area contributed by atoms with Gasteiger partial charge in [0.2, 0.25) is 0 Å². The van der Waals surface area contributed by atoms with Crippen molar-refractivity contribution < 1.29 is 9.53 Å². The molecule has 1 unspecified atom stereocenters. The van der Waals surface area contributed by atoms with E-state index in [4.69, 9.17) is 4.74 Å². The van der Waals surface area contributed by atoms with Crippen LogP contribution in [0.15, 0.2) is 53.6 Å². The Morgan fingerprint density at radius 1 is 1.29 bits per heavy atom. The smallest absolute Gasteiger partial charge is 0.167 e. The number of benzene rings is 1. The van der Waals surface area contributed by atoms with Crippen molar-refractivity contribution in [3.63, 3.8) is 0 Å². The molecule has 1 aromatic carbocycles. The minimum atomic E-state index is -0.0392. The highest BCUT2D eigenvalue weighted by Crippen LogP contribution is 2.25. The number of rotatable bonds is 4. The zero-order valence-corrected chi connectivity index (χ0v) is 10.1. The summed E-state index contributed by atoms with van der Waals surface area (Å²) in [5.41, 5.74) is 2.97. The Morgan fingerprint density at radius 3 is 2.65 bits per heavy atom. The molecular formula is C15H16O2. The highest BCUT2D eigenvalue weighted by molar-refractivity contribution is 5.97. The first-order valence-corrected chi connectivity index (χ1v) is 5.71. The first-order chi connectivity index (χ1) is 8.22. The van der Waals surface area contributed by atoms with Crippen molar-refractivity contribution >= 4 is 5.78 Å². The predicted molar refractivity (Wildman–Crippen MR) is 68.0 cm³/mol. The molecule has 88 valence electrons. The van der Waals surface area contributed by atoms with Gasteiger partial charge in [-0.3, -0.25) is 4.79 Å². The van der Waals surface area contributed by atoms with Gasteiger partial charge in [-0.25, -0.2) is 0 Å². The van der Waals surface area contributed by atoms with E-state index in [0.717, 1.165) is 16.7 Å². The molecule has 2 heteroatoms. The monoisotopic (exact) mass is 228 g/mol. The van der Waals surface area contributed by atoms with Gasteiger partial charge in [-0.2, -0.15) is 0 Å². The lowest BCUT2D eigenvalue weighted by atomic mass is 9.99. The molecule has 0 aliphatic heterocycles. The molecule has 0 saturated heterocycles. The Labute approximate surface area is 102 Å². The van der Waals surface area contributed by atoms with Crippen molar-refractivity contribution in [3.8, 4) is 0 Å². The molecule has 0 heterocycles. The summed E-state index contributed by atoms with van der Waals surface area (Å²) in [6.45, 7) is 2.02. The third kappa shape index (κ3) is 2.53. The number of carbonyl (C=O) groups is 1. The molecule has 0 radical (unpaired) electrons. The fourth-order valence-electron chi connectivity index (χ4n) is 2.04. The van der Waals surface area contributed by atoms with Gasteiger partial charge in [0.05, 0.1) is 6.10 Å². The molecule has 0 fully saturated rings. The van der Waals surface area contributed by atoms with Crippen molar-refractivity contribution in [2.24, 2.45) is 0 Å². The summed E-state index contributed by atoms with van der Waals surface area (Å²) in [5.74, 6) is 0.144. The number of hydrogen-bond acceptors (Lipinski definition) is 2. The predicted octanol–water partition coefficient (Wildman–Crippen LogP) is 3.16. The maximum Gasteiger partial charge on any atom is 0.167 e. The summed E-state index contributed by atoms with van der Waals surface area (Å²) >= 11 is 0. The minimum Gasteiger partial charge on any atom is -0.373 e. The van der Waals surface area contributed by atoms with E-state index in [0.29, 0.717) is 6.42 Å². The standard InChI is InChI=1S/C15H16O2/c1-11-8-9-15(17-2)13(11)10-14(16)12-6-4-3-5-7-12/h3-9,15H,10H2,1-2H3. The number of carbonyl (C=O) groups excluding carboxylic acids is 1. The highest BCUT2D eigenvalue weighted by atomic mass is 16.5. The Hall–Kier alpha value is -1.67. The van der Waals surface area contributed by atoms with Gasteiger partial charge in [0, 0.05) is 19.1 Å². The van der Waals surface area contributed by atoms with E-state index in [2.05, 4.69) is 0 Å². The summed E-state index contributed by atoms with van der Waals surface area (Å²) in [5, 5.41) is 0. The molecule has 2 nitrogen and oxygen atoms in total. The Balaban J connectivity index is 2.13. The van der Waals surface area contributed by atoms with Crippen LogP contribution in [0.4, 0.5) is 0 Å². The second-order valence-electron chi connectivity index (χ2n) is 4.19. The van der Waals surface area contributed by atoms with Crippen molar-refractivity contribution in [3.05, 3.63) is 59.2 Å². The molecule has 0 amide bonds. The van der Waals surface area contributed by atoms with Crippen molar-refractivity contribution in [1.29, 1.82) is 0 Å². The first-order valence-electron chi connectivity index (χ1n) is 5.71. The molecule has 1 atom stereocenters. The summed E-state index contributed by atoms with van der Waals surface area (Å²) in [4.78, 5) is 12.1. The van der Waals surface area contributed by atoms with Crippen LogP contribution in [0.3, 0.4) is 0 Å². The Kier molecular flexibility index (Phi) is 3.55. The van der Waals surface area contributed by atoms with E-state index in [1.54, 1.807) is 7.11 Å². The normalized spacial score (nSPS) is 18.8. The van der Waals surface area contributed by atoms with Gasteiger partial charge in [0.25, 0.3) is 0 Å². The maximum absolute atomic E-state index is 12.1. The number of ether oxygens (including phenoxy) is 1. The molecule has 0 saturated carbocycles. The number of allylic oxidation sites excluding steroid dienone is 2. The van der Waals surface area contributed by atoms with Crippen LogP contribution in [0.5, 0.6) is 0 Å². The molecule has 1 aliphatic rings. The van der Waals surface area contributed by atoms with E-state index in [9.17, 15) is 4.79 Å². The van der Waals surface area contributed by atoms with Crippen LogP contribution in [-0.2, 0) is 4.74 Å². The molecule has 0 spiro atoms. The lowest BCUT2D eigenvalue weighted by molar-refractivity contribution is 0.0977. The molecule has 0 aromatic heterocycles. The van der Waals surface area contributed by atoms with Crippen molar-refractivity contribution in [1.82, 2.24) is 0 Å². The molecule has 2 rings (SSSR count). The highest BCUT2D eigenvalue weighted by Gasteiger charge is 2.20. The summed E-state index contributed by atoms with van der Waals surface area (Å²) in [6, 6.07) is 9.38. The maximum atomic E-state index is 12.1. The minimum absolute atomic E-state index is 0.0392. The van der Waals surface area contributed by atoms with Crippen LogP contribution in [0, 0.1) is 0 Å². The number of methoxy groups -OCH3 is 1.